The Bertz CT molecular complexity index is 1100. The molecule has 0 saturated carbocycles. The van der Waals surface area contributed by atoms with Crippen LogP contribution in [0.15, 0.2) is 48.7 Å². The summed E-state index contributed by atoms with van der Waals surface area (Å²) in [6.45, 7) is 0.847. The number of fused-ring (bicyclic) bond motifs is 1. The third kappa shape index (κ3) is 4.28. The molecule has 4 rings (SSSR count). The van der Waals surface area contributed by atoms with E-state index >= 15 is 0 Å². The van der Waals surface area contributed by atoms with E-state index in [4.69, 9.17) is 0 Å². The van der Waals surface area contributed by atoms with Crippen LogP contribution in [0.1, 0.15) is 33.7 Å². The number of hydrogen-bond donors (Lipinski definition) is 1. The highest BCUT2D eigenvalue weighted by Crippen LogP contribution is 2.36. The van der Waals surface area contributed by atoms with Crippen molar-refractivity contribution in [3.63, 3.8) is 0 Å². The number of alkyl halides is 6. The number of aromatic nitrogens is 2. The molecule has 0 atom stereocenters. The lowest BCUT2D eigenvalue weighted by Gasteiger charge is -2.14. The largest absolute Gasteiger partial charge is 0.416 e. The van der Waals surface area contributed by atoms with Gasteiger partial charge >= 0.3 is 12.4 Å². The lowest BCUT2D eigenvalue weighted by atomic mass is 10.0. The topological polar surface area (TPSA) is 46.9 Å². The summed E-state index contributed by atoms with van der Waals surface area (Å²) in [6, 6.07) is 7.23. The van der Waals surface area contributed by atoms with Crippen LogP contribution in [-0.2, 0) is 25.3 Å². The molecule has 1 N–H and O–H groups in total. The molecular formula is C21H15F6N3O. The van der Waals surface area contributed by atoms with Gasteiger partial charge < -0.3 is 9.88 Å². The van der Waals surface area contributed by atoms with Crippen LogP contribution in [0.25, 0.3) is 11.3 Å². The van der Waals surface area contributed by atoms with Crippen molar-refractivity contribution in [1.29, 1.82) is 0 Å². The predicted octanol–water partition coefficient (Wildman–Crippen LogP) is 5.79. The molecule has 0 saturated heterocycles. The monoisotopic (exact) mass is 439 g/mol. The Kier molecular flexibility index (Phi) is 5.03. The number of nitrogens with one attached hydrogen (secondary N) is 1. The summed E-state index contributed by atoms with van der Waals surface area (Å²) in [4.78, 5) is 16.7. The lowest BCUT2D eigenvalue weighted by molar-refractivity contribution is -0.143. The molecule has 162 valence electrons. The predicted molar refractivity (Wildman–Crippen MR) is 100 cm³/mol. The quantitative estimate of drug-likeness (QED) is 0.526. The normalized spacial score (nSPS) is 13.9. The van der Waals surface area contributed by atoms with E-state index in [-0.39, 0.29) is 11.8 Å². The molecule has 2 heterocycles. The Morgan fingerprint density at radius 2 is 1.55 bits per heavy atom. The summed E-state index contributed by atoms with van der Waals surface area (Å²) in [6.07, 6.45) is -6.41. The maximum absolute atomic E-state index is 13.0. The summed E-state index contributed by atoms with van der Waals surface area (Å²) < 4.78 is 80.0. The van der Waals surface area contributed by atoms with Crippen molar-refractivity contribution in [2.24, 2.45) is 0 Å². The second-order valence-electron chi connectivity index (χ2n) is 7.14. The van der Waals surface area contributed by atoms with Crippen molar-refractivity contribution in [2.45, 2.75) is 31.7 Å². The molecule has 2 aromatic carbocycles. The molecule has 31 heavy (non-hydrogen) atoms. The molecule has 0 bridgehead atoms. The molecule has 1 aliphatic heterocycles. The second kappa shape index (κ2) is 7.44. The van der Waals surface area contributed by atoms with Crippen molar-refractivity contribution < 1.29 is 31.1 Å². The number of aryl methyl sites for hydroxylation is 1. The molecule has 0 unspecified atom stereocenters. The van der Waals surface area contributed by atoms with E-state index in [0.717, 1.165) is 36.5 Å². The van der Waals surface area contributed by atoms with Crippen molar-refractivity contribution in [2.75, 3.05) is 5.32 Å². The molecule has 0 spiro atoms. The zero-order valence-corrected chi connectivity index (χ0v) is 15.8. The van der Waals surface area contributed by atoms with Gasteiger partial charge in [-0.2, -0.15) is 26.3 Å². The zero-order chi connectivity index (χ0) is 22.4. The van der Waals surface area contributed by atoms with Crippen LogP contribution in [0.3, 0.4) is 0 Å². The smallest absolute Gasteiger partial charge is 0.328 e. The number of anilines is 1. The van der Waals surface area contributed by atoms with Gasteiger partial charge in [-0.15, -0.1) is 0 Å². The van der Waals surface area contributed by atoms with Crippen LogP contribution < -0.4 is 5.32 Å². The minimum atomic E-state index is -5.02. The summed E-state index contributed by atoms with van der Waals surface area (Å²) in [7, 11) is 0. The molecule has 10 heteroatoms. The third-order valence-electron chi connectivity index (χ3n) is 5.01. The Morgan fingerprint density at radius 1 is 0.935 bits per heavy atom. The SMILES string of the molecule is O=C(Nc1ccc(-c2cnc3n2CCC3)cc1)c1cc(C(F)(F)F)cc(C(F)(F)F)c1. The fraction of sp³-hybridized carbons (Fsp3) is 0.238. The highest BCUT2D eigenvalue weighted by molar-refractivity contribution is 6.04. The van der Waals surface area contributed by atoms with Gasteiger partial charge in [0.25, 0.3) is 5.91 Å². The van der Waals surface area contributed by atoms with Gasteiger partial charge in [-0.25, -0.2) is 4.98 Å². The van der Waals surface area contributed by atoms with Gasteiger partial charge in [0.2, 0.25) is 0 Å². The fourth-order valence-corrected chi connectivity index (χ4v) is 3.50. The lowest BCUT2D eigenvalue weighted by Crippen LogP contribution is -2.17. The number of hydrogen-bond acceptors (Lipinski definition) is 2. The van der Waals surface area contributed by atoms with Gasteiger partial charge in [-0.05, 0) is 42.3 Å². The van der Waals surface area contributed by atoms with Gasteiger partial charge in [-0.1, -0.05) is 12.1 Å². The molecule has 0 fully saturated rings. The van der Waals surface area contributed by atoms with E-state index in [1.165, 1.54) is 12.1 Å². The minimum Gasteiger partial charge on any atom is -0.328 e. The van der Waals surface area contributed by atoms with E-state index in [9.17, 15) is 31.1 Å². The molecule has 1 aromatic heterocycles. The van der Waals surface area contributed by atoms with Gasteiger partial charge in [-0.3, -0.25) is 4.79 Å². The van der Waals surface area contributed by atoms with Crippen molar-refractivity contribution in [1.82, 2.24) is 9.55 Å². The molecule has 0 radical (unpaired) electrons. The van der Waals surface area contributed by atoms with Crippen LogP contribution >= 0.6 is 0 Å². The molecule has 4 nitrogen and oxygen atoms in total. The molecule has 1 amide bonds. The Balaban J connectivity index is 1.58. The zero-order valence-electron chi connectivity index (χ0n) is 15.8. The minimum absolute atomic E-state index is 0.0183. The van der Waals surface area contributed by atoms with Crippen LogP contribution in [0.5, 0.6) is 0 Å². The van der Waals surface area contributed by atoms with E-state index in [1.807, 2.05) is 0 Å². The highest BCUT2D eigenvalue weighted by atomic mass is 19.4. The Labute approximate surface area is 172 Å². The Morgan fingerprint density at radius 3 is 2.13 bits per heavy atom. The van der Waals surface area contributed by atoms with Crippen molar-refractivity contribution in [3.05, 3.63) is 71.2 Å². The van der Waals surface area contributed by atoms with Crippen molar-refractivity contribution in [3.8, 4) is 11.3 Å². The van der Waals surface area contributed by atoms with Gasteiger partial charge in [0.15, 0.2) is 0 Å². The third-order valence-corrected chi connectivity index (χ3v) is 5.01. The van der Waals surface area contributed by atoms with Crippen LogP contribution in [0, 0.1) is 0 Å². The number of carbonyl (C=O) groups is 1. The summed E-state index contributed by atoms with van der Waals surface area (Å²) in [5.74, 6) is -0.0908. The first-order chi connectivity index (χ1) is 14.5. The maximum atomic E-state index is 13.0. The highest BCUT2D eigenvalue weighted by Gasteiger charge is 2.37. The number of nitrogens with zero attached hydrogens (tertiary/aromatic N) is 2. The molecule has 3 aromatic rings. The van der Waals surface area contributed by atoms with Crippen molar-refractivity contribution >= 4 is 11.6 Å². The summed E-state index contributed by atoms with van der Waals surface area (Å²) in [5, 5.41) is 2.34. The molecule has 0 aliphatic carbocycles. The number of rotatable bonds is 3. The number of carbonyl (C=O) groups excluding carboxylic acids is 1. The molecule has 1 aliphatic rings. The first-order valence-corrected chi connectivity index (χ1v) is 9.28. The van der Waals surface area contributed by atoms with E-state index in [1.54, 1.807) is 18.3 Å². The maximum Gasteiger partial charge on any atom is 0.416 e. The molecular weight excluding hydrogens is 424 g/mol. The van der Waals surface area contributed by atoms with E-state index < -0.39 is 35.0 Å². The summed E-state index contributed by atoms with van der Waals surface area (Å²) in [5.41, 5.74) is -1.86. The second-order valence-corrected chi connectivity index (χ2v) is 7.14. The Hall–Kier alpha value is -3.30. The van der Waals surface area contributed by atoms with E-state index in [2.05, 4.69) is 14.9 Å². The number of imidazole rings is 1. The first kappa shape index (κ1) is 21.0. The average Bonchev–Trinajstić information content (AvgIpc) is 3.31. The first-order valence-electron chi connectivity index (χ1n) is 9.28. The average molecular weight is 439 g/mol. The number of amides is 1. The standard InChI is InChI=1S/C21H15F6N3O/c22-20(23,24)14-8-13(9-15(10-14)21(25,26)27)19(31)29-16-5-3-12(4-6-16)17-11-28-18-2-1-7-30(17)18/h3-6,8-11H,1-2,7H2,(H,29,31). The van der Waals surface area contributed by atoms with Gasteiger partial charge in [0.05, 0.1) is 23.0 Å². The fourth-order valence-electron chi connectivity index (χ4n) is 3.50. The van der Waals surface area contributed by atoms with Crippen LogP contribution in [0.4, 0.5) is 32.0 Å². The summed E-state index contributed by atoms with van der Waals surface area (Å²) >= 11 is 0. The number of halogens is 6. The number of benzene rings is 2. The van der Waals surface area contributed by atoms with Crippen LogP contribution in [-0.4, -0.2) is 15.5 Å². The van der Waals surface area contributed by atoms with Gasteiger partial charge in [0, 0.05) is 24.2 Å². The van der Waals surface area contributed by atoms with Gasteiger partial charge in [0.1, 0.15) is 5.82 Å². The van der Waals surface area contributed by atoms with E-state index in [0.29, 0.717) is 12.1 Å². The van der Waals surface area contributed by atoms with Crippen LogP contribution in [0.2, 0.25) is 0 Å².